The lowest BCUT2D eigenvalue weighted by Crippen LogP contribution is -2.46. The Labute approximate surface area is 195 Å². The van der Waals surface area contributed by atoms with Gasteiger partial charge in [-0.05, 0) is 55.9 Å². The molecule has 172 valence electrons. The molecule has 33 heavy (non-hydrogen) atoms. The van der Waals surface area contributed by atoms with Crippen molar-refractivity contribution in [3.05, 3.63) is 75.5 Å². The number of carbonyl (C=O) groups excluding carboxylic acids is 2. The number of nitro groups is 1. The second-order valence-corrected chi connectivity index (χ2v) is 7.56. The highest BCUT2D eigenvalue weighted by atomic mass is 32.1. The summed E-state index contributed by atoms with van der Waals surface area (Å²) < 4.78 is 5.24. The summed E-state index contributed by atoms with van der Waals surface area (Å²) in [4.78, 5) is 37.0. The van der Waals surface area contributed by atoms with Gasteiger partial charge in [-0.2, -0.15) is 0 Å². The third-order valence-electron chi connectivity index (χ3n) is 5.06. The van der Waals surface area contributed by atoms with E-state index in [1.807, 2.05) is 6.07 Å². The van der Waals surface area contributed by atoms with Gasteiger partial charge in [-0.25, -0.2) is 9.59 Å². The molecule has 1 atom stereocenters. The Kier molecular flexibility index (Phi) is 7.23. The molecular weight excluding hydrogens is 446 g/mol. The van der Waals surface area contributed by atoms with Crippen molar-refractivity contribution in [1.82, 2.24) is 10.2 Å². The predicted octanol–water partition coefficient (Wildman–Crippen LogP) is 3.94. The molecule has 0 bridgehead atoms. The first-order valence-electron chi connectivity index (χ1n) is 10.1. The van der Waals surface area contributed by atoms with Crippen molar-refractivity contribution in [3.8, 4) is 0 Å². The van der Waals surface area contributed by atoms with Crippen LogP contribution in [0.3, 0.4) is 0 Å². The van der Waals surface area contributed by atoms with Crippen LogP contribution in [0.4, 0.5) is 21.9 Å². The van der Waals surface area contributed by atoms with Crippen LogP contribution < -0.4 is 16.0 Å². The van der Waals surface area contributed by atoms with Crippen molar-refractivity contribution in [3.63, 3.8) is 0 Å². The van der Waals surface area contributed by atoms with Gasteiger partial charge in [0.05, 0.1) is 23.1 Å². The highest BCUT2D eigenvalue weighted by molar-refractivity contribution is 7.80. The van der Waals surface area contributed by atoms with Crippen molar-refractivity contribution in [2.75, 3.05) is 24.3 Å². The molecule has 0 saturated heterocycles. The van der Waals surface area contributed by atoms with E-state index in [9.17, 15) is 19.7 Å². The molecule has 1 aliphatic rings. The van der Waals surface area contributed by atoms with Crippen LogP contribution in [0.25, 0.3) is 0 Å². The molecule has 0 saturated carbocycles. The first-order chi connectivity index (χ1) is 15.7. The summed E-state index contributed by atoms with van der Waals surface area (Å²) in [6.45, 7) is 3.77. The van der Waals surface area contributed by atoms with Crippen LogP contribution in [0.2, 0.25) is 0 Å². The Morgan fingerprint density at radius 3 is 2.48 bits per heavy atom. The maximum atomic E-state index is 12.7. The molecule has 1 heterocycles. The monoisotopic (exact) mass is 469 g/mol. The van der Waals surface area contributed by atoms with Crippen molar-refractivity contribution >= 4 is 46.4 Å². The number of nitrogens with one attached hydrogen (secondary N) is 3. The summed E-state index contributed by atoms with van der Waals surface area (Å²) in [6.07, 6.45) is 0. The average molecular weight is 470 g/mol. The molecule has 0 fully saturated rings. The quantitative estimate of drug-likeness (QED) is 0.251. The van der Waals surface area contributed by atoms with E-state index < -0.39 is 23.0 Å². The molecule has 2 aromatic carbocycles. The van der Waals surface area contributed by atoms with Gasteiger partial charge in [-0.3, -0.25) is 10.1 Å². The number of allylic oxidation sites excluding steroid dienone is 1. The summed E-state index contributed by atoms with van der Waals surface area (Å²) in [6, 6.07) is 11.4. The molecule has 0 spiro atoms. The number of ether oxygens (including phenoxy) is 1. The number of thiocarbonyl (C=S) groups is 1. The van der Waals surface area contributed by atoms with Crippen molar-refractivity contribution < 1.29 is 19.2 Å². The van der Waals surface area contributed by atoms with E-state index in [0.29, 0.717) is 33.3 Å². The number of carbonyl (C=O) groups is 2. The third-order valence-corrected chi connectivity index (χ3v) is 5.45. The normalized spacial score (nSPS) is 15.5. The number of nitrogens with zero attached hydrogens (tertiary/aromatic N) is 2. The zero-order valence-corrected chi connectivity index (χ0v) is 19.1. The number of non-ortho nitro benzene ring substituents is 1. The van der Waals surface area contributed by atoms with Gasteiger partial charge in [0.2, 0.25) is 0 Å². The maximum Gasteiger partial charge on any atom is 0.338 e. The lowest BCUT2D eigenvalue weighted by Gasteiger charge is -2.35. The number of benzene rings is 2. The lowest BCUT2D eigenvalue weighted by atomic mass is 9.95. The third kappa shape index (κ3) is 5.44. The van der Waals surface area contributed by atoms with Gasteiger partial charge in [0.25, 0.3) is 5.69 Å². The summed E-state index contributed by atoms with van der Waals surface area (Å²) in [5.41, 5.74) is 2.63. The Balaban J connectivity index is 1.80. The molecule has 1 unspecified atom stereocenters. The van der Waals surface area contributed by atoms with Gasteiger partial charge >= 0.3 is 12.0 Å². The molecule has 0 aliphatic carbocycles. The molecular formula is C22H23N5O5S. The van der Waals surface area contributed by atoms with Gasteiger partial charge < -0.3 is 25.6 Å². The fourth-order valence-corrected chi connectivity index (χ4v) is 3.57. The topological polar surface area (TPSA) is 126 Å². The number of esters is 1. The van der Waals surface area contributed by atoms with Crippen LogP contribution >= 0.6 is 12.2 Å². The molecule has 11 heteroatoms. The molecule has 0 aromatic heterocycles. The van der Waals surface area contributed by atoms with Crippen LogP contribution in [-0.2, 0) is 9.53 Å². The fraction of sp³-hybridized carbons (Fsp3) is 0.227. The van der Waals surface area contributed by atoms with Crippen LogP contribution in [-0.4, -0.2) is 40.6 Å². The van der Waals surface area contributed by atoms with Crippen molar-refractivity contribution in [2.24, 2.45) is 0 Å². The molecule has 10 nitrogen and oxygen atoms in total. The minimum Gasteiger partial charge on any atom is -0.463 e. The number of rotatable bonds is 6. The number of nitro benzene ring substituents is 1. The van der Waals surface area contributed by atoms with Crippen LogP contribution in [0.1, 0.15) is 25.5 Å². The fourth-order valence-electron chi connectivity index (χ4n) is 3.31. The largest absolute Gasteiger partial charge is 0.463 e. The molecule has 3 N–H and O–H groups in total. The van der Waals surface area contributed by atoms with Crippen LogP contribution in [0.5, 0.6) is 0 Å². The average Bonchev–Trinajstić information content (AvgIpc) is 2.77. The highest BCUT2D eigenvalue weighted by Crippen LogP contribution is 2.32. The zero-order chi connectivity index (χ0) is 24.1. The second kappa shape index (κ2) is 10.1. The molecule has 1 aliphatic heterocycles. The molecule has 0 radical (unpaired) electrons. The number of urea groups is 1. The van der Waals surface area contributed by atoms with E-state index in [-0.39, 0.29) is 12.3 Å². The minimum atomic E-state index is -0.549. The van der Waals surface area contributed by atoms with E-state index in [1.165, 1.54) is 24.3 Å². The van der Waals surface area contributed by atoms with Gasteiger partial charge in [-0.1, -0.05) is 12.1 Å². The highest BCUT2D eigenvalue weighted by Gasteiger charge is 2.33. The Bertz CT molecular complexity index is 1130. The van der Waals surface area contributed by atoms with Gasteiger partial charge in [0.1, 0.15) is 0 Å². The second-order valence-electron chi connectivity index (χ2n) is 7.17. The first-order valence-corrected chi connectivity index (χ1v) is 10.5. The Hall–Kier alpha value is -3.99. The first kappa shape index (κ1) is 23.7. The van der Waals surface area contributed by atoms with Crippen molar-refractivity contribution in [2.45, 2.75) is 19.9 Å². The number of anilines is 2. The van der Waals surface area contributed by atoms with E-state index in [0.717, 1.165) is 0 Å². The standard InChI is InChI=1S/C22H23N5O5S/c1-4-32-20(28)18-13(2)26(3)22(33)25-19(18)14-6-5-7-16(12-14)24-21(29)23-15-8-10-17(11-9-15)27(30)31/h5-12,19H,4H2,1-3H3,(H,25,33)(H2,23,24,29). The van der Waals surface area contributed by atoms with Crippen LogP contribution in [0.15, 0.2) is 59.8 Å². The number of amides is 2. The zero-order valence-electron chi connectivity index (χ0n) is 18.2. The van der Waals surface area contributed by atoms with E-state index in [2.05, 4.69) is 16.0 Å². The van der Waals surface area contributed by atoms with Crippen LogP contribution in [0, 0.1) is 10.1 Å². The molecule has 2 amide bonds. The van der Waals surface area contributed by atoms with Gasteiger partial charge in [0.15, 0.2) is 5.11 Å². The maximum absolute atomic E-state index is 12.7. The van der Waals surface area contributed by atoms with Gasteiger partial charge in [0, 0.05) is 36.3 Å². The summed E-state index contributed by atoms with van der Waals surface area (Å²) in [7, 11) is 1.76. The predicted molar refractivity (Wildman–Crippen MR) is 128 cm³/mol. The van der Waals surface area contributed by atoms with E-state index >= 15 is 0 Å². The van der Waals surface area contributed by atoms with E-state index in [4.69, 9.17) is 17.0 Å². The minimum absolute atomic E-state index is 0.0713. The Morgan fingerprint density at radius 2 is 1.85 bits per heavy atom. The molecule has 2 aromatic rings. The summed E-state index contributed by atoms with van der Waals surface area (Å²) >= 11 is 5.39. The number of hydrogen-bond acceptors (Lipinski definition) is 6. The SMILES string of the molecule is CCOC(=O)C1=C(C)N(C)C(=S)NC1c1cccc(NC(=O)Nc2ccc([N+](=O)[O-])cc2)c1. The van der Waals surface area contributed by atoms with Crippen molar-refractivity contribution in [1.29, 1.82) is 0 Å². The van der Waals surface area contributed by atoms with Gasteiger partial charge in [-0.15, -0.1) is 0 Å². The smallest absolute Gasteiger partial charge is 0.338 e. The molecule has 3 rings (SSSR count). The van der Waals surface area contributed by atoms with E-state index in [1.54, 1.807) is 44.0 Å². The Morgan fingerprint density at radius 1 is 1.18 bits per heavy atom. The summed E-state index contributed by atoms with van der Waals surface area (Å²) in [5.74, 6) is -0.448. The number of hydrogen-bond donors (Lipinski definition) is 3. The lowest BCUT2D eigenvalue weighted by molar-refractivity contribution is -0.384. The summed E-state index contributed by atoms with van der Waals surface area (Å²) in [5, 5.41) is 19.7.